The number of fused-ring (bicyclic) bond motifs is 1. The Morgan fingerprint density at radius 2 is 1.80 bits per heavy atom. The van der Waals surface area contributed by atoms with Crippen molar-refractivity contribution in [2.75, 3.05) is 13.1 Å². The summed E-state index contributed by atoms with van der Waals surface area (Å²) in [5, 5.41) is 2.12. The Morgan fingerprint density at radius 3 is 2.56 bits per heavy atom. The topological polar surface area (TPSA) is 19.0 Å². The zero-order valence-corrected chi connectivity index (χ0v) is 15.9. The Morgan fingerprint density at radius 1 is 1.04 bits per heavy atom. The number of likely N-dealkylation sites (tertiary alicyclic amines) is 1. The minimum atomic E-state index is 0.727. The molecule has 1 saturated heterocycles. The molecule has 0 saturated carbocycles. The number of aromatic amines is 1. The highest BCUT2D eigenvalue weighted by Gasteiger charge is 2.22. The first-order valence-electron chi connectivity index (χ1n) is 9.21. The molecule has 2 nitrogen and oxygen atoms in total. The lowest BCUT2D eigenvalue weighted by atomic mass is 10.1. The summed E-state index contributed by atoms with van der Waals surface area (Å²) in [5.41, 5.74) is 5.35. The number of aryl methyl sites for hydroxylation is 2. The summed E-state index contributed by atoms with van der Waals surface area (Å²) in [6, 6.07) is 17.6. The highest BCUT2D eigenvalue weighted by molar-refractivity contribution is 8.00. The van der Waals surface area contributed by atoms with Crippen LogP contribution in [-0.4, -0.2) is 28.2 Å². The number of hydrogen-bond acceptors (Lipinski definition) is 2. The third-order valence-corrected chi connectivity index (χ3v) is 6.72. The molecule has 4 rings (SSSR count). The fraction of sp³-hybridized carbons (Fsp3) is 0.364. The SMILES string of the molecule is Cc1ccc2[nH]c(C)c(SC3CCN(Cc4ccccc4)CC3)c2c1. The number of nitrogens with one attached hydrogen (secondary N) is 1. The molecule has 1 fully saturated rings. The molecule has 3 heteroatoms. The van der Waals surface area contributed by atoms with Crippen molar-refractivity contribution in [2.45, 2.75) is 43.4 Å². The average molecular weight is 351 g/mol. The number of H-pyrrole nitrogens is 1. The Kier molecular flexibility index (Phi) is 4.87. The van der Waals surface area contributed by atoms with Gasteiger partial charge >= 0.3 is 0 Å². The number of benzene rings is 2. The largest absolute Gasteiger partial charge is 0.358 e. The third-order valence-electron chi connectivity index (χ3n) is 5.15. The van der Waals surface area contributed by atoms with Crippen molar-refractivity contribution in [1.29, 1.82) is 0 Å². The number of thioether (sulfide) groups is 1. The third kappa shape index (κ3) is 3.78. The smallest absolute Gasteiger partial charge is 0.0467 e. The van der Waals surface area contributed by atoms with Crippen molar-refractivity contribution < 1.29 is 0 Å². The summed E-state index contributed by atoms with van der Waals surface area (Å²) in [4.78, 5) is 7.61. The lowest BCUT2D eigenvalue weighted by Gasteiger charge is -2.31. The molecule has 1 aliphatic rings. The summed E-state index contributed by atoms with van der Waals surface area (Å²) in [5.74, 6) is 0. The van der Waals surface area contributed by atoms with Gasteiger partial charge in [0.05, 0.1) is 0 Å². The maximum absolute atomic E-state index is 3.55. The van der Waals surface area contributed by atoms with E-state index in [1.54, 1.807) is 0 Å². The second-order valence-electron chi connectivity index (χ2n) is 7.21. The zero-order valence-electron chi connectivity index (χ0n) is 15.1. The van der Waals surface area contributed by atoms with Gasteiger partial charge in [0.1, 0.15) is 0 Å². The van der Waals surface area contributed by atoms with Crippen molar-refractivity contribution in [3.05, 3.63) is 65.4 Å². The van der Waals surface area contributed by atoms with Crippen LogP contribution in [0.5, 0.6) is 0 Å². The van der Waals surface area contributed by atoms with E-state index in [-0.39, 0.29) is 0 Å². The fourth-order valence-electron chi connectivity index (χ4n) is 3.76. The number of piperidine rings is 1. The van der Waals surface area contributed by atoms with Crippen LogP contribution in [0.2, 0.25) is 0 Å². The van der Waals surface area contributed by atoms with Crippen LogP contribution in [0, 0.1) is 13.8 Å². The van der Waals surface area contributed by atoms with Gasteiger partial charge in [-0.25, -0.2) is 0 Å². The molecule has 2 aromatic carbocycles. The van der Waals surface area contributed by atoms with Crippen molar-refractivity contribution in [3.63, 3.8) is 0 Å². The monoisotopic (exact) mass is 350 g/mol. The highest BCUT2D eigenvalue weighted by atomic mass is 32.2. The summed E-state index contributed by atoms with van der Waals surface area (Å²) in [7, 11) is 0. The van der Waals surface area contributed by atoms with E-state index in [2.05, 4.69) is 84.0 Å². The molecule has 0 spiro atoms. The quantitative estimate of drug-likeness (QED) is 0.666. The zero-order chi connectivity index (χ0) is 17.2. The minimum absolute atomic E-state index is 0.727. The summed E-state index contributed by atoms with van der Waals surface area (Å²) in [6.07, 6.45) is 2.55. The van der Waals surface area contributed by atoms with Crippen LogP contribution in [0.15, 0.2) is 53.4 Å². The molecule has 0 amide bonds. The van der Waals surface area contributed by atoms with Crippen LogP contribution in [0.1, 0.15) is 29.7 Å². The Hall–Kier alpha value is -1.71. The van der Waals surface area contributed by atoms with Crippen LogP contribution in [0.3, 0.4) is 0 Å². The molecule has 1 aromatic heterocycles. The van der Waals surface area contributed by atoms with Crippen molar-refractivity contribution >= 4 is 22.7 Å². The second kappa shape index (κ2) is 7.27. The molecule has 1 aliphatic heterocycles. The molecule has 0 atom stereocenters. The molecular formula is C22H26N2S. The number of hydrogen-bond donors (Lipinski definition) is 1. The van der Waals surface area contributed by atoms with E-state index < -0.39 is 0 Å². The van der Waals surface area contributed by atoms with Gasteiger partial charge in [0.25, 0.3) is 0 Å². The van der Waals surface area contributed by atoms with E-state index in [0.29, 0.717) is 0 Å². The van der Waals surface area contributed by atoms with E-state index in [0.717, 1.165) is 11.8 Å². The highest BCUT2D eigenvalue weighted by Crippen LogP contribution is 2.38. The van der Waals surface area contributed by atoms with E-state index in [1.165, 1.54) is 58.6 Å². The van der Waals surface area contributed by atoms with Crippen LogP contribution in [-0.2, 0) is 6.54 Å². The molecule has 2 heterocycles. The van der Waals surface area contributed by atoms with Gasteiger partial charge < -0.3 is 4.98 Å². The molecule has 0 unspecified atom stereocenters. The second-order valence-corrected chi connectivity index (χ2v) is 8.52. The van der Waals surface area contributed by atoms with Gasteiger partial charge in [0.15, 0.2) is 0 Å². The Balaban J connectivity index is 1.40. The minimum Gasteiger partial charge on any atom is -0.358 e. The number of aromatic nitrogens is 1. The van der Waals surface area contributed by atoms with Gasteiger partial charge in [-0.1, -0.05) is 42.0 Å². The van der Waals surface area contributed by atoms with Gasteiger partial charge in [-0.05, 0) is 57.5 Å². The maximum Gasteiger partial charge on any atom is 0.0467 e. The maximum atomic E-state index is 3.55. The summed E-state index contributed by atoms with van der Waals surface area (Å²) >= 11 is 2.09. The van der Waals surface area contributed by atoms with Crippen molar-refractivity contribution in [1.82, 2.24) is 9.88 Å². The van der Waals surface area contributed by atoms with Gasteiger partial charge in [-0.3, -0.25) is 4.90 Å². The van der Waals surface area contributed by atoms with E-state index in [1.807, 2.05) is 0 Å². The normalized spacial score (nSPS) is 16.6. The molecular weight excluding hydrogens is 324 g/mol. The van der Waals surface area contributed by atoms with E-state index >= 15 is 0 Å². The lowest BCUT2D eigenvalue weighted by molar-refractivity contribution is 0.225. The molecule has 1 N–H and O–H groups in total. The number of rotatable bonds is 4. The van der Waals surface area contributed by atoms with Crippen molar-refractivity contribution in [2.24, 2.45) is 0 Å². The molecule has 25 heavy (non-hydrogen) atoms. The van der Waals surface area contributed by atoms with Gasteiger partial charge in [0, 0.05) is 33.3 Å². The predicted octanol–water partition coefficient (Wildman–Crippen LogP) is 5.54. The summed E-state index contributed by atoms with van der Waals surface area (Å²) < 4.78 is 0. The van der Waals surface area contributed by atoms with Crippen LogP contribution < -0.4 is 0 Å². The van der Waals surface area contributed by atoms with Crippen LogP contribution >= 0.6 is 11.8 Å². The first-order valence-corrected chi connectivity index (χ1v) is 10.1. The first-order chi connectivity index (χ1) is 12.2. The predicted molar refractivity (Wildman–Crippen MR) is 108 cm³/mol. The van der Waals surface area contributed by atoms with Gasteiger partial charge in [-0.15, -0.1) is 11.8 Å². The fourth-order valence-corrected chi connectivity index (χ4v) is 5.06. The molecule has 0 aliphatic carbocycles. The molecule has 130 valence electrons. The van der Waals surface area contributed by atoms with E-state index in [9.17, 15) is 0 Å². The molecule has 0 radical (unpaired) electrons. The summed E-state index contributed by atoms with van der Waals surface area (Å²) in [6.45, 7) is 7.88. The Labute approximate surface area is 154 Å². The van der Waals surface area contributed by atoms with Crippen molar-refractivity contribution in [3.8, 4) is 0 Å². The lowest BCUT2D eigenvalue weighted by Crippen LogP contribution is -2.34. The van der Waals surface area contributed by atoms with E-state index in [4.69, 9.17) is 0 Å². The van der Waals surface area contributed by atoms with Gasteiger partial charge in [-0.2, -0.15) is 0 Å². The molecule has 3 aromatic rings. The van der Waals surface area contributed by atoms with Gasteiger partial charge in [0.2, 0.25) is 0 Å². The standard InChI is InChI=1S/C22H26N2S/c1-16-8-9-21-20(14-16)22(17(2)23-21)25-19-10-12-24(13-11-19)15-18-6-4-3-5-7-18/h3-9,14,19,23H,10-13,15H2,1-2H3. The Bertz CT molecular complexity index is 845. The van der Waals surface area contributed by atoms with Crippen LogP contribution in [0.25, 0.3) is 10.9 Å². The molecule has 0 bridgehead atoms. The average Bonchev–Trinajstić information content (AvgIpc) is 2.93. The first kappa shape index (κ1) is 16.7. The number of nitrogens with zero attached hydrogens (tertiary/aromatic N) is 1. The van der Waals surface area contributed by atoms with Crippen LogP contribution in [0.4, 0.5) is 0 Å².